The third-order valence-corrected chi connectivity index (χ3v) is 7.29. The maximum Gasteiger partial charge on any atom is 0.490 e. The summed E-state index contributed by atoms with van der Waals surface area (Å²) in [5.41, 5.74) is -1.85. The van der Waals surface area contributed by atoms with E-state index in [4.69, 9.17) is 31.0 Å². The fourth-order valence-corrected chi connectivity index (χ4v) is 5.34. The molecule has 166 valence electrons. The Balaban J connectivity index is 2.03. The van der Waals surface area contributed by atoms with Crippen LogP contribution in [0.5, 0.6) is 0 Å². The van der Waals surface area contributed by atoms with E-state index in [1.54, 1.807) is 0 Å². The first kappa shape index (κ1) is 24.5. The van der Waals surface area contributed by atoms with E-state index in [2.05, 4.69) is 13.1 Å². The lowest BCUT2D eigenvalue weighted by Gasteiger charge is -2.19. The molecule has 1 aromatic rings. The molecule has 1 fully saturated rings. The average molecular weight is 505 g/mol. The Bertz CT molecular complexity index is 1020. The van der Waals surface area contributed by atoms with Gasteiger partial charge < -0.3 is 24.3 Å². The van der Waals surface area contributed by atoms with Gasteiger partial charge in [-0.2, -0.15) is 8.62 Å². The zero-order valence-electron chi connectivity index (χ0n) is 13.7. The summed E-state index contributed by atoms with van der Waals surface area (Å²) in [5.74, 6) is 0. The van der Waals surface area contributed by atoms with Gasteiger partial charge in [-0.1, -0.05) is 11.6 Å². The maximum atomic E-state index is 14.1. The highest BCUT2D eigenvalue weighted by atomic mass is 35.5. The van der Waals surface area contributed by atoms with Gasteiger partial charge in [0.25, 0.3) is 5.56 Å². The Morgan fingerprint density at radius 3 is 2.41 bits per heavy atom. The quantitative estimate of drug-likeness (QED) is 0.298. The van der Waals surface area contributed by atoms with Gasteiger partial charge in [-0.25, -0.2) is 22.9 Å². The molecule has 0 aliphatic carbocycles. The zero-order chi connectivity index (χ0) is 22.2. The number of aromatic nitrogens is 2. The zero-order valence-corrected chi connectivity index (χ0v) is 17.2. The van der Waals surface area contributed by atoms with Gasteiger partial charge >= 0.3 is 29.2 Å². The van der Waals surface area contributed by atoms with Crippen LogP contribution in [0, 0.1) is 0 Å². The second kappa shape index (κ2) is 8.79. The van der Waals surface area contributed by atoms with E-state index in [0.717, 1.165) is 10.8 Å². The van der Waals surface area contributed by atoms with Crippen LogP contribution < -0.4 is 11.2 Å². The Hall–Kier alpha value is -0.730. The van der Waals surface area contributed by atoms with Gasteiger partial charge in [0.15, 0.2) is 0 Å². The van der Waals surface area contributed by atoms with E-state index in [9.17, 15) is 32.6 Å². The van der Waals surface area contributed by atoms with Crippen LogP contribution in [0.15, 0.2) is 15.8 Å². The molecule has 2 unspecified atom stereocenters. The monoisotopic (exact) mass is 504 g/mol. The molecule has 29 heavy (non-hydrogen) atoms. The molecular formula is C9H13ClFN2O13P3. The standard InChI is InChI=1S/C9H13ClFN2O13P3/c10-4-2-13(9(15)12-8(4)14)7-1-5(11)6(24-7)3-23-28(19,20)26-29(21,22)25-27(16,17)18/h2,5-7H,1,3H2,(H,19,20)(H,21,22)(H,12,14,15)(H2,16,17,18)/t5-,6+,7+/m0/s1. The van der Waals surface area contributed by atoms with Gasteiger partial charge in [0.2, 0.25) is 0 Å². The number of nitrogens with zero attached hydrogens (tertiary/aromatic N) is 1. The number of nitrogens with one attached hydrogen (secondary N) is 1. The van der Waals surface area contributed by atoms with Crippen LogP contribution in [0.4, 0.5) is 4.39 Å². The van der Waals surface area contributed by atoms with Gasteiger partial charge in [-0.3, -0.25) is 18.9 Å². The largest absolute Gasteiger partial charge is 0.490 e. The normalized spacial score (nSPS) is 26.8. The summed E-state index contributed by atoms with van der Waals surface area (Å²) in [7, 11) is -16.7. The molecule has 1 aliphatic rings. The van der Waals surface area contributed by atoms with Gasteiger partial charge in [-0.15, -0.1) is 0 Å². The first-order valence-electron chi connectivity index (χ1n) is 7.17. The van der Waals surface area contributed by atoms with Crippen LogP contribution in [-0.2, 0) is 31.6 Å². The van der Waals surface area contributed by atoms with Gasteiger partial charge in [0.1, 0.15) is 23.5 Å². The summed E-state index contributed by atoms with van der Waals surface area (Å²) < 4.78 is 64.7. The van der Waals surface area contributed by atoms with Crippen LogP contribution in [0.1, 0.15) is 12.6 Å². The van der Waals surface area contributed by atoms with E-state index in [-0.39, 0.29) is 5.02 Å². The highest BCUT2D eigenvalue weighted by molar-refractivity contribution is 7.66. The minimum atomic E-state index is -5.72. The van der Waals surface area contributed by atoms with E-state index in [1.807, 2.05) is 4.98 Å². The van der Waals surface area contributed by atoms with Gasteiger partial charge in [0.05, 0.1) is 6.61 Å². The molecule has 2 heterocycles. The fourth-order valence-electron chi connectivity index (χ4n) is 2.16. The van der Waals surface area contributed by atoms with E-state index in [0.29, 0.717) is 0 Å². The lowest BCUT2D eigenvalue weighted by Crippen LogP contribution is -2.32. The summed E-state index contributed by atoms with van der Waals surface area (Å²) in [4.78, 5) is 60.1. The molecule has 0 spiro atoms. The van der Waals surface area contributed by atoms with E-state index < -0.39 is 66.2 Å². The number of rotatable bonds is 8. The topological polar surface area (TPSA) is 224 Å². The molecule has 5 atom stereocenters. The second-order valence-corrected chi connectivity index (χ2v) is 10.2. The predicted molar refractivity (Wildman–Crippen MR) is 89.6 cm³/mol. The minimum absolute atomic E-state index is 0.389. The van der Waals surface area contributed by atoms with Crippen molar-refractivity contribution in [1.82, 2.24) is 9.55 Å². The van der Waals surface area contributed by atoms with Crippen molar-refractivity contribution in [3.05, 3.63) is 32.1 Å². The van der Waals surface area contributed by atoms with Crippen LogP contribution in [-0.4, -0.2) is 48.0 Å². The number of phosphoric ester groups is 1. The summed E-state index contributed by atoms with van der Waals surface area (Å²) in [5, 5.41) is -0.389. The van der Waals surface area contributed by atoms with E-state index >= 15 is 0 Å². The third-order valence-electron chi connectivity index (χ3n) is 3.21. The van der Waals surface area contributed by atoms with Gasteiger partial charge in [-0.05, 0) is 0 Å². The fraction of sp³-hybridized carbons (Fsp3) is 0.556. The van der Waals surface area contributed by atoms with Crippen molar-refractivity contribution in [2.45, 2.75) is 24.9 Å². The summed E-state index contributed by atoms with van der Waals surface area (Å²) in [6.07, 6.45) is -4.26. The van der Waals surface area contributed by atoms with Crippen molar-refractivity contribution in [2.24, 2.45) is 0 Å². The maximum absolute atomic E-state index is 14.1. The van der Waals surface area contributed by atoms with Gasteiger partial charge in [0, 0.05) is 12.6 Å². The van der Waals surface area contributed by atoms with Crippen molar-refractivity contribution in [3.63, 3.8) is 0 Å². The number of aromatic amines is 1. The number of halogens is 2. The molecule has 2 rings (SSSR count). The lowest BCUT2D eigenvalue weighted by molar-refractivity contribution is -0.0349. The molecule has 1 saturated heterocycles. The van der Waals surface area contributed by atoms with Crippen LogP contribution in [0.2, 0.25) is 5.02 Å². The molecule has 20 heteroatoms. The highest BCUT2D eigenvalue weighted by Gasteiger charge is 2.43. The second-order valence-electron chi connectivity index (χ2n) is 5.41. The SMILES string of the molecule is O=c1[nH]c(=O)n([C@H]2C[C@H](F)[C@@H](COP(=O)(O)OP(=O)(O)OP(=O)(O)O)O2)cc1Cl. The number of hydrogen-bond acceptors (Lipinski definition) is 9. The van der Waals surface area contributed by atoms with Crippen molar-refractivity contribution in [2.75, 3.05) is 6.61 Å². The first-order chi connectivity index (χ1) is 13.1. The number of ether oxygens (including phenoxy) is 1. The van der Waals surface area contributed by atoms with Crippen molar-refractivity contribution in [1.29, 1.82) is 0 Å². The average Bonchev–Trinajstić information content (AvgIpc) is 2.86. The number of H-pyrrole nitrogens is 1. The van der Waals surface area contributed by atoms with Crippen LogP contribution in [0.3, 0.4) is 0 Å². The number of alkyl halides is 1. The number of phosphoric acid groups is 3. The molecule has 0 amide bonds. The highest BCUT2D eigenvalue weighted by Crippen LogP contribution is 2.66. The molecule has 0 radical (unpaired) electrons. The molecule has 1 aliphatic heterocycles. The Morgan fingerprint density at radius 1 is 1.21 bits per heavy atom. The van der Waals surface area contributed by atoms with Crippen LogP contribution in [0.25, 0.3) is 0 Å². The molecule has 1 aromatic heterocycles. The number of hydrogen-bond donors (Lipinski definition) is 5. The Morgan fingerprint density at radius 2 is 1.83 bits per heavy atom. The first-order valence-corrected chi connectivity index (χ1v) is 12.1. The molecule has 0 bridgehead atoms. The van der Waals surface area contributed by atoms with Crippen LogP contribution >= 0.6 is 35.1 Å². The Kier molecular flexibility index (Phi) is 7.44. The molecule has 0 aromatic carbocycles. The third kappa shape index (κ3) is 7.17. The van der Waals surface area contributed by atoms with Crippen molar-refractivity contribution < 1.29 is 55.5 Å². The summed E-state index contributed by atoms with van der Waals surface area (Å²) in [6.45, 7) is -1.03. The smallest absolute Gasteiger partial charge is 0.349 e. The van der Waals surface area contributed by atoms with Crippen molar-refractivity contribution >= 4 is 35.1 Å². The molecule has 5 N–H and O–H groups in total. The summed E-state index contributed by atoms with van der Waals surface area (Å²) >= 11 is 5.58. The molecule has 15 nitrogen and oxygen atoms in total. The molecule has 0 saturated carbocycles. The predicted octanol–water partition coefficient (Wildman–Crippen LogP) is 0.159. The van der Waals surface area contributed by atoms with Crippen molar-refractivity contribution in [3.8, 4) is 0 Å². The lowest BCUT2D eigenvalue weighted by atomic mass is 10.2. The Labute approximate surface area is 164 Å². The van der Waals surface area contributed by atoms with E-state index in [1.165, 1.54) is 0 Å². The summed E-state index contributed by atoms with van der Waals surface area (Å²) in [6, 6.07) is 0. The molecular weight excluding hydrogens is 491 g/mol. The minimum Gasteiger partial charge on any atom is -0.349 e.